The normalized spacial score (nSPS) is 21.7. The van der Waals surface area contributed by atoms with Crippen LogP contribution in [0.2, 0.25) is 0 Å². The smallest absolute Gasteiger partial charge is 0.248 e. The fourth-order valence-electron chi connectivity index (χ4n) is 2.58. The fourth-order valence-corrected chi connectivity index (χ4v) is 2.58. The maximum absolute atomic E-state index is 13.4. The number of carbonyl (C=O) groups is 1. The molecule has 0 N–H and O–H groups in total. The van der Waals surface area contributed by atoms with E-state index in [0.717, 1.165) is 19.4 Å². The highest BCUT2D eigenvalue weighted by Crippen LogP contribution is 2.21. The van der Waals surface area contributed by atoms with E-state index in [-0.39, 0.29) is 36.3 Å². The number of benzene rings is 1. The molecule has 1 aromatic carbocycles. The van der Waals surface area contributed by atoms with Gasteiger partial charge in [-0.3, -0.25) is 4.79 Å². The van der Waals surface area contributed by atoms with Crippen LogP contribution >= 0.6 is 0 Å². The molecule has 2 heterocycles. The van der Waals surface area contributed by atoms with Gasteiger partial charge in [-0.15, -0.1) is 0 Å². The molecule has 1 amide bonds. The first-order valence-corrected chi connectivity index (χ1v) is 7.60. The van der Waals surface area contributed by atoms with Crippen molar-refractivity contribution in [2.75, 3.05) is 32.9 Å². The quantitative estimate of drug-likeness (QED) is 0.801. The lowest BCUT2D eigenvalue weighted by atomic mass is 10.1. The molecule has 0 spiro atoms. The Hall–Kier alpha value is -1.66. The van der Waals surface area contributed by atoms with Gasteiger partial charge < -0.3 is 19.1 Å². The Kier molecular flexibility index (Phi) is 4.90. The van der Waals surface area contributed by atoms with Crippen LogP contribution in [-0.4, -0.2) is 55.9 Å². The highest BCUT2D eigenvalue weighted by Gasteiger charge is 2.32. The topological polar surface area (TPSA) is 48.0 Å². The lowest BCUT2D eigenvalue weighted by molar-refractivity contribution is -0.146. The summed E-state index contributed by atoms with van der Waals surface area (Å²) in [6.07, 6.45) is 2.03. The van der Waals surface area contributed by atoms with Crippen molar-refractivity contribution in [1.82, 2.24) is 4.90 Å². The molecule has 0 radical (unpaired) electrons. The number of carbonyl (C=O) groups excluding carboxylic acids is 1. The Morgan fingerprint density at radius 2 is 2.18 bits per heavy atom. The highest BCUT2D eigenvalue weighted by molar-refractivity contribution is 5.78. The molecule has 0 saturated carbocycles. The Balaban J connectivity index is 1.34. The molecule has 0 bridgehead atoms. The van der Waals surface area contributed by atoms with Crippen LogP contribution in [0.25, 0.3) is 0 Å². The van der Waals surface area contributed by atoms with Gasteiger partial charge in [-0.25, -0.2) is 4.39 Å². The SMILES string of the molecule is O=C(COCC1CCCO1)N1CC(Oc2ccccc2F)C1. The van der Waals surface area contributed by atoms with Gasteiger partial charge in [0.1, 0.15) is 12.7 Å². The minimum absolute atomic E-state index is 0.0618. The third-order valence-corrected chi connectivity index (χ3v) is 3.88. The molecule has 0 aliphatic carbocycles. The van der Waals surface area contributed by atoms with Crippen LogP contribution in [0.1, 0.15) is 12.8 Å². The molecular formula is C16H20FNO4. The second-order valence-electron chi connectivity index (χ2n) is 5.62. The molecule has 1 atom stereocenters. The van der Waals surface area contributed by atoms with Crippen LogP contribution in [0.15, 0.2) is 24.3 Å². The lowest BCUT2D eigenvalue weighted by Crippen LogP contribution is -2.57. The largest absolute Gasteiger partial charge is 0.484 e. The summed E-state index contributed by atoms with van der Waals surface area (Å²) in [5.74, 6) is -0.215. The lowest BCUT2D eigenvalue weighted by Gasteiger charge is -2.38. The number of rotatable bonds is 6. The molecule has 2 saturated heterocycles. The Bertz CT molecular complexity index is 513. The van der Waals surface area contributed by atoms with E-state index in [1.165, 1.54) is 6.07 Å². The number of ether oxygens (including phenoxy) is 3. The summed E-state index contributed by atoms with van der Waals surface area (Å²) in [5, 5.41) is 0. The molecule has 5 nitrogen and oxygen atoms in total. The van der Waals surface area contributed by atoms with Crippen molar-refractivity contribution in [1.29, 1.82) is 0 Å². The van der Waals surface area contributed by atoms with Gasteiger partial charge in [0, 0.05) is 6.61 Å². The molecule has 2 aliphatic rings. The maximum Gasteiger partial charge on any atom is 0.248 e. The average Bonchev–Trinajstić information content (AvgIpc) is 2.97. The number of hydrogen-bond donors (Lipinski definition) is 0. The van der Waals surface area contributed by atoms with E-state index in [9.17, 15) is 9.18 Å². The molecule has 6 heteroatoms. The van der Waals surface area contributed by atoms with Crippen LogP contribution in [0.3, 0.4) is 0 Å². The molecule has 3 rings (SSSR count). The Morgan fingerprint density at radius 3 is 2.91 bits per heavy atom. The summed E-state index contributed by atoms with van der Waals surface area (Å²) in [6, 6.07) is 6.28. The standard InChI is InChI=1S/C16H20FNO4/c17-14-5-1-2-6-15(14)22-13-8-18(9-13)16(19)11-20-10-12-4-3-7-21-12/h1-2,5-6,12-13H,3-4,7-11H2. The van der Waals surface area contributed by atoms with E-state index in [1.54, 1.807) is 23.1 Å². The predicted molar refractivity (Wildman–Crippen MR) is 77.2 cm³/mol. The van der Waals surface area contributed by atoms with Crippen molar-refractivity contribution in [2.24, 2.45) is 0 Å². The second kappa shape index (κ2) is 7.07. The zero-order chi connectivity index (χ0) is 15.4. The van der Waals surface area contributed by atoms with E-state index in [2.05, 4.69) is 0 Å². The van der Waals surface area contributed by atoms with Crippen molar-refractivity contribution < 1.29 is 23.4 Å². The van der Waals surface area contributed by atoms with Crippen molar-refractivity contribution in [3.05, 3.63) is 30.1 Å². The van der Waals surface area contributed by atoms with Crippen LogP contribution < -0.4 is 4.74 Å². The van der Waals surface area contributed by atoms with Gasteiger partial charge in [0.25, 0.3) is 0 Å². The maximum atomic E-state index is 13.4. The van der Waals surface area contributed by atoms with Crippen LogP contribution in [-0.2, 0) is 14.3 Å². The predicted octanol–water partition coefficient (Wildman–Crippen LogP) is 1.61. The van der Waals surface area contributed by atoms with E-state index in [1.807, 2.05) is 0 Å². The summed E-state index contributed by atoms with van der Waals surface area (Å²) in [6.45, 7) is 2.25. The minimum Gasteiger partial charge on any atom is -0.484 e. The van der Waals surface area contributed by atoms with Crippen LogP contribution in [0.4, 0.5) is 4.39 Å². The van der Waals surface area contributed by atoms with Crippen molar-refractivity contribution in [3.8, 4) is 5.75 Å². The minimum atomic E-state index is -0.382. The van der Waals surface area contributed by atoms with E-state index < -0.39 is 0 Å². The molecule has 120 valence electrons. The summed E-state index contributed by atoms with van der Waals surface area (Å²) in [7, 11) is 0. The average molecular weight is 309 g/mol. The molecule has 2 fully saturated rings. The van der Waals surface area contributed by atoms with Crippen LogP contribution in [0.5, 0.6) is 5.75 Å². The van der Waals surface area contributed by atoms with Crippen molar-refractivity contribution in [3.63, 3.8) is 0 Å². The third kappa shape index (κ3) is 3.75. The summed E-state index contributed by atoms with van der Waals surface area (Å²) in [4.78, 5) is 13.5. The summed E-state index contributed by atoms with van der Waals surface area (Å²) >= 11 is 0. The monoisotopic (exact) mass is 309 g/mol. The summed E-state index contributed by atoms with van der Waals surface area (Å²) in [5.41, 5.74) is 0. The fraction of sp³-hybridized carbons (Fsp3) is 0.562. The Labute approximate surface area is 128 Å². The molecule has 2 aliphatic heterocycles. The highest BCUT2D eigenvalue weighted by atomic mass is 19.1. The number of nitrogens with zero attached hydrogens (tertiary/aromatic N) is 1. The number of amides is 1. The summed E-state index contributed by atoms with van der Waals surface area (Å²) < 4.78 is 29.8. The number of halogens is 1. The van der Waals surface area contributed by atoms with Gasteiger partial charge in [-0.05, 0) is 25.0 Å². The van der Waals surface area contributed by atoms with E-state index in [0.29, 0.717) is 19.7 Å². The van der Waals surface area contributed by atoms with Gasteiger partial charge in [-0.2, -0.15) is 0 Å². The molecule has 0 aromatic heterocycles. The number of hydrogen-bond acceptors (Lipinski definition) is 4. The van der Waals surface area contributed by atoms with Gasteiger partial charge in [0.05, 0.1) is 25.8 Å². The van der Waals surface area contributed by atoms with E-state index in [4.69, 9.17) is 14.2 Å². The molecule has 22 heavy (non-hydrogen) atoms. The van der Waals surface area contributed by atoms with Crippen molar-refractivity contribution in [2.45, 2.75) is 25.0 Å². The zero-order valence-electron chi connectivity index (χ0n) is 12.4. The first kappa shape index (κ1) is 15.2. The second-order valence-corrected chi connectivity index (χ2v) is 5.62. The van der Waals surface area contributed by atoms with Crippen molar-refractivity contribution >= 4 is 5.91 Å². The zero-order valence-corrected chi connectivity index (χ0v) is 12.4. The molecular weight excluding hydrogens is 289 g/mol. The number of para-hydroxylation sites is 1. The van der Waals surface area contributed by atoms with Gasteiger partial charge in [0.15, 0.2) is 11.6 Å². The first-order valence-electron chi connectivity index (χ1n) is 7.60. The Morgan fingerprint density at radius 1 is 1.36 bits per heavy atom. The van der Waals surface area contributed by atoms with E-state index >= 15 is 0 Å². The third-order valence-electron chi connectivity index (χ3n) is 3.88. The molecule has 1 aromatic rings. The van der Waals surface area contributed by atoms with Gasteiger partial charge in [0.2, 0.25) is 5.91 Å². The van der Waals surface area contributed by atoms with Crippen LogP contribution in [0, 0.1) is 5.82 Å². The first-order chi connectivity index (χ1) is 10.7. The number of likely N-dealkylation sites (tertiary alicyclic amines) is 1. The molecule has 1 unspecified atom stereocenters. The van der Waals surface area contributed by atoms with Gasteiger partial charge in [-0.1, -0.05) is 12.1 Å². The van der Waals surface area contributed by atoms with Gasteiger partial charge >= 0.3 is 0 Å².